The first-order chi connectivity index (χ1) is 19.0. The largest absolute Gasteiger partial charge is 0.497 e. The standard InChI is InChI=1S/C31H27N3O4S/c1-20-27(29(35)33-22-14-8-5-9-15-22)28(24-18-17-23(37-2)19-25(24)38-3)34-30(36)26(39-31(34)32-20)16-10-13-21-11-6-4-7-12-21/h4-19,28H,1-3H3,(H,33,35)/b13-10+,26-16-/t28-/m1/s1. The molecule has 0 saturated heterocycles. The molecule has 5 rings (SSSR count). The number of benzene rings is 3. The minimum Gasteiger partial charge on any atom is -0.497 e. The fourth-order valence-electron chi connectivity index (χ4n) is 4.50. The number of ether oxygens (including phenoxy) is 2. The number of methoxy groups -OCH3 is 2. The summed E-state index contributed by atoms with van der Waals surface area (Å²) in [4.78, 5) is 32.7. The number of aromatic nitrogens is 1. The van der Waals surface area contributed by atoms with E-state index < -0.39 is 6.04 Å². The third-order valence-corrected chi connectivity index (χ3v) is 7.37. The Bertz CT molecular complexity index is 1750. The molecular formula is C31H27N3O4S. The molecule has 1 amide bonds. The van der Waals surface area contributed by atoms with E-state index in [1.807, 2.05) is 78.9 Å². The summed E-state index contributed by atoms with van der Waals surface area (Å²) >= 11 is 1.28. The van der Waals surface area contributed by atoms with Crippen LogP contribution < -0.4 is 29.7 Å². The van der Waals surface area contributed by atoms with Gasteiger partial charge in [0, 0.05) is 17.3 Å². The number of fused-ring (bicyclic) bond motifs is 1. The highest BCUT2D eigenvalue weighted by molar-refractivity contribution is 7.07. The monoisotopic (exact) mass is 537 g/mol. The Morgan fingerprint density at radius 3 is 2.41 bits per heavy atom. The summed E-state index contributed by atoms with van der Waals surface area (Å²) in [6.07, 6.45) is 5.56. The molecule has 1 atom stereocenters. The van der Waals surface area contributed by atoms with Crippen molar-refractivity contribution >= 4 is 35.1 Å². The minimum atomic E-state index is -0.758. The molecule has 8 heteroatoms. The number of nitrogens with one attached hydrogen (secondary N) is 1. The Kier molecular flexibility index (Phi) is 7.56. The molecule has 0 aliphatic carbocycles. The Balaban J connectivity index is 1.66. The van der Waals surface area contributed by atoms with Gasteiger partial charge in [-0.3, -0.25) is 14.2 Å². The van der Waals surface area contributed by atoms with Gasteiger partial charge in [-0.15, -0.1) is 0 Å². The molecule has 7 nitrogen and oxygen atoms in total. The summed E-state index contributed by atoms with van der Waals surface area (Å²) < 4.78 is 13.2. The molecule has 0 bridgehead atoms. The van der Waals surface area contributed by atoms with Gasteiger partial charge >= 0.3 is 0 Å². The third-order valence-electron chi connectivity index (χ3n) is 6.37. The van der Waals surface area contributed by atoms with E-state index in [0.29, 0.717) is 43.4 Å². The number of allylic oxidation sites excluding steroid dienone is 2. The van der Waals surface area contributed by atoms with Gasteiger partial charge in [0.2, 0.25) is 0 Å². The van der Waals surface area contributed by atoms with Gasteiger partial charge in [0.25, 0.3) is 11.5 Å². The fourth-order valence-corrected chi connectivity index (χ4v) is 5.49. The number of amides is 1. The number of nitrogens with zero attached hydrogens (tertiary/aromatic N) is 2. The van der Waals surface area contributed by atoms with Crippen LogP contribution in [-0.4, -0.2) is 24.7 Å². The van der Waals surface area contributed by atoms with Gasteiger partial charge in [0.05, 0.1) is 30.0 Å². The van der Waals surface area contributed by atoms with Crippen LogP contribution in [0.2, 0.25) is 0 Å². The van der Waals surface area contributed by atoms with E-state index in [-0.39, 0.29) is 11.5 Å². The summed E-state index contributed by atoms with van der Waals surface area (Å²) in [5.41, 5.74) is 2.97. The second-order valence-electron chi connectivity index (χ2n) is 8.80. The molecule has 1 aliphatic rings. The molecule has 4 aromatic rings. The van der Waals surface area contributed by atoms with Crippen LogP contribution in [0, 0.1) is 0 Å². The Hall–Kier alpha value is -4.69. The van der Waals surface area contributed by atoms with Crippen molar-refractivity contribution in [3.63, 3.8) is 0 Å². The van der Waals surface area contributed by atoms with Gasteiger partial charge in [0.1, 0.15) is 17.5 Å². The smallest absolute Gasteiger partial charge is 0.271 e. The molecule has 0 unspecified atom stereocenters. The predicted octanol–water partition coefficient (Wildman–Crippen LogP) is 4.56. The van der Waals surface area contributed by atoms with Crippen molar-refractivity contribution in [1.29, 1.82) is 0 Å². The molecule has 1 N–H and O–H groups in total. The van der Waals surface area contributed by atoms with Crippen LogP contribution >= 0.6 is 11.3 Å². The molecule has 2 heterocycles. The zero-order valence-electron chi connectivity index (χ0n) is 21.8. The molecule has 1 aliphatic heterocycles. The maximum absolute atomic E-state index is 13.8. The number of anilines is 1. The summed E-state index contributed by atoms with van der Waals surface area (Å²) in [6.45, 7) is 1.79. The summed E-state index contributed by atoms with van der Waals surface area (Å²) in [7, 11) is 3.12. The minimum absolute atomic E-state index is 0.239. The second-order valence-corrected chi connectivity index (χ2v) is 9.81. The first-order valence-corrected chi connectivity index (χ1v) is 13.1. The van der Waals surface area contributed by atoms with Crippen molar-refractivity contribution in [1.82, 2.24) is 4.57 Å². The molecule has 0 fully saturated rings. The molecule has 0 spiro atoms. The Morgan fingerprint density at radius 2 is 1.72 bits per heavy atom. The van der Waals surface area contributed by atoms with Gasteiger partial charge in [-0.2, -0.15) is 0 Å². The summed E-state index contributed by atoms with van der Waals surface area (Å²) in [6, 6.07) is 23.6. The lowest BCUT2D eigenvalue weighted by Gasteiger charge is -2.26. The van der Waals surface area contributed by atoms with Crippen LogP contribution in [0.1, 0.15) is 24.1 Å². The molecule has 196 valence electrons. The van der Waals surface area contributed by atoms with Crippen LogP contribution in [0.5, 0.6) is 11.5 Å². The molecule has 1 aromatic heterocycles. The van der Waals surface area contributed by atoms with E-state index in [0.717, 1.165) is 5.56 Å². The van der Waals surface area contributed by atoms with Crippen molar-refractivity contribution < 1.29 is 14.3 Å². The SMILES string of the molecule is COc1ccc([C@@H]2C(C(=O)Nc3ccccc3)=C(C)N=c3s/c(=C\C=C\c4ccccc4)c(=O)n32)c(OC)c1. The maximum Gasteiger partial charge on any atom is 0.271 e. The van der Waals surface area contributed by atoms with Crippen LogP contribution in [-0.2, 0) is 4.79 Å². The number of para-hydroxylation sites is 1. The van der Waals surface area contributed by atoms with Crippen molar-refractivity contribution in [2.45, 2.75) is 13.0 Å². The highest BCUT2D eigenvalue weighted by atomic mass is 32.1. The average molecular weight is 538 g/mol. The highest BCUT2D eigenvalue weighted by Crippen LogP contribution is 2.37. The number of carbonyl (C=O) groups excluding carboxylic acids is 1. The van der Waals surface area contributed by atoms with Gasteiger partial charge in [-0.25, -0.2) is 4.99 Å². The van der Waals surface area contributed by atoms with Crippen molar-refractivity contribution in [2.24, 2.45) is 4.99 Å². The molecule has 0 saturated carbocycles. The van der Waals surface area contributed by atoms with Gasteiger partial charge in [-0.1, -0.05) is 72.0 Å². The summed E-state index contributed by atoms with van der Waals surface area (Å²) in [5, 5.41) is 2.96. The van der Waals surface area contributed by atoms with Crippen molar-refractivity contribution in [3.05, 3.63) is 127 Å². The van der Waals surface area contributed by atoms with E-state index in [2.05, 4.69) is 5.32 Å². The predicted molar refractivity (Wildman–Crippen MR) is 155 cm³/mol. The fraction of sp³-hybridized carbons (Fsp3) is 0.129. The van der Waals surface area contributed by atoms with Crippen LogP contribution in [0.25, 0.3) is 12.2 Å². The zero-order valence-corrected chi connectivity index (χ0v) is 22.6. The molecular weight excluding hydrogens is 510 g/mol. The number of thiazole rings is 1. The number of rotatable bonds is 7. The van der Waals surface area contributed by atoms with Crippen molar-refractivity contribution in [3.8, 4) is 11.5 Å². The Labute approximate surface area is 229 Å². The van der Waals surface area contributed by atoms with Gasteiger partial charge in [0.15, 0.2) is 4.80 Å². The molecule has 3 aromatic carbocycles. The van der Waals surface area contributed by atoms with Gasteiger partial charge in [-0.05, 0) is 42.8 Å². The van der Waals surface area contributed by atoms with Crippen LogP contribution in [0.4, 0.5) is 5.69 Å². The third kappa shape index (κ3) is 5.32. The van der Waals surface area contributed by atoms with Crippen LogP contribution in [0.3, 0.4) is 0 Å². The average Bonchev–Trinajstić information content (AvgIpc) is 3.27. The van der Waals surface area contributed by atoms with E-state index >= 15 is 0 Å². The van der Waals surface area contributed by atoms with E-state index in [1.54, 1.807) is 43.9 Å². The lowest BCUT2D eigenvalue weighted by molar-refractivity contribution is -0.113. The van der Waals surface area contributed by atoms with E-state index in [9.17, 15) is 9.59 Å². The normalized spacial score (nSPS) is 15.2. The number of hydrogen-bond acceptors (Lipinski definition) is 6. The topological polar surface area (TPSA) is 81.9 Å². The molecule has 39 heavy (non-hydrogen) atoms. The molecule has 0 radical (unpaired) electrons. The maximum atomic E-state index is 13.8. The van der Waals surface area contributed by atoms with Crippen molar-refractivity contribution in [2.75, 3.05) is 19.5 Å². The number of carbonyl (C=O) groups is 1. The Morgan fingerprint density at radius 1 is 1.00 bits per heavy atom. The lowest BCUT2D eigenvalue weighted by atomic mass is 9.94. The van der Waals surface area contributed by atoms with Gasteiger partial charge < -0.3 is 14.8 Å². The van der Waals surface area contributed by atoms with E-state index in [4.69, 9.17) is 14.5 Å². The second kappa shape index (κ2) is 11.4. The van der Waals surface area contributed by atoms with E-state index in [1.165, 1.54) is 11.3 Å². The number of hydrogen-bond donors (Lipinski definition) is 1. The first kappa shape index (κ1) is 25.9. The zero-order chi connectivity index (χ0) is 27.4. The first-order valence-electron chi connectivity index (χ1n) is 12.3. The highest BCUT2D eigenvalue weighted by Gasteiger charge is 2.34. The quantitative estimate of drug-likeness (QED) is 0.375. The lowest BCUT2D eigenvalue weighted by Crippen LogP contribution is -2.40. The summed E-state index contributed by atoms with van der Waals surface area (Å²) in [5.74, 6) is 0.756. The van der Waals surface area contributed by atoms with Crippen LogP contribution in [0.15, 0.2) is 106 Å².